The van der Waals surface area contributed by atoms with E-state index in [0.717, 1.165) is 38.2 Å². The molecule has 0 radical (unpaired) electrons. The predicted molar refractivity (Wildman–Crippen MR) is 82.9 cm³/mol. The van der Waals surface area contributed by atoms with E-state index in [1.165, 1.54) is 11.1 Å². The van der Waals surface area contributed by atoms with Crippen LogP contribution >= 0.6 is 0 Å². The minimum Gasteiger partial charge on any atom is -0.494 e. The van der Waals surface area contributed by atoms with Gasteiger partial charge in [-0.1, -0.05) is 33.8 Å². The highest BCUT2D eigenvalue weighted by Gasteiger charge is 2.16. The van der Waals surface area contributed by atoms with Crippen molar-refractivity contribution in [1.82, 2.24) is 0 Å². The second-order valence-corrected chi connectivity index (χ2v) is 5.41. The Morgan fingerprint density at radius 3 is 2.53 bits per heavy atom. The molecule has 0 aromatic heterocycles. The molecule has 0 aliphatic rings. The molecule has 1 aromatic rings. The topological polar surface area (TPSA) is 35.2 Å². The molecule has 1 aromatic carbocycles. The molecule has 2 heteroatoms. The standard InChI is InChI=1S/C17H29NO/c1-5-11-19-16-7-8-17(15(6-2)12-16)14(4)13(3)9-10-18/h7-8,12-14H,5-6,9-11,18H2,1-4H3. The smallest absolute Gasteiger partial charge is 0.119 e. The molecule has 0 aliphatic carbocycles. The molecule has 19 heavy (non-hydrogen) atoms. The van der Waals surface area contributed by atoms with Crippen LogP contribution < -0.4 is 10.5 Å². The summed E-state index contributed by atoms with van der Waals surface area (Å²) in [6.45, 7) is 10.5. The molecule has 0 saturated heterocycles. The molecule has 0 saturated carbocycles. The van der Waals surface area contributed by atoms with Gasteiger partial charge in [0.15, 0.2) is 0 Å². The van der Waals surface area contributed by atoms with Gasteiger partial charge in [0.05, 0.1) is 6.61 Å². The lowest BCUT2D eigenvalue weighted by Crippen LogP contribution is -2.13. The van der Waals surface area contributed by atoms with E-state index in [4.69, 9.17) is 10.5 Å². The molecule has 0 bridgehead atoms. The van der Waals surface area contributed by atoms with Crippen LogP contribution in [0.4, 0.5) is 0 Å². The van der Waals surface area contributed by atoms with Crippen LogP contribution in [0.2, 0.25) is 0 Å². The molecule has 0 heterocycles. The van der Waals surface area contributed by atoms with Gasteiger partial charge in [0.25, 0.3) is 0 Å². The Bertz CT molecular complexity index is 376. The molecule has 0 amide bonds. The molecule has 0 aliphatic heterocycles. The van der Waals surface area contributed by atoms with Crippen molar-refractivity contribution in [2.75, 3.05) is 13.2 Å². The zero-order valence-corrected chi connectivity index (χ0v) is 12.9. The summed E-state index contributed by atoms with van der Waals surface area (Å²) in [4.78, 5) is 0. The Kier molecular flexibility index (Phi) is 6.93. The van der Waals surface area contributed by atoms with Crippen LogP contribution in [0.25, 0.3) is 0 Å². The predicted octanol–water partition coefficient (Wildman–Crippen LogP) is 4.13. The van der Waals surface area contributed by atoms with E-state index >= 15 is 0 Å². The number of hydrogen-bond acceptors (Lipinski definition) is 2. The van der Waals surface area contributed by atoms with E-state index in [1.54, 1.807) is 0 Å². The quantitative estimate of drug-likeness (QED) is 0.765. The van der Waals surface area contributed by atoms with E-state index < -0.39 is 0 Å². The summed E-state index contributed by atoms with van der Waals surface area (Å²) in [5.74, 6) is 2.18. The zero-order valence-electron chi connectivity index (χ0n) is 12.9. The Morgan fingerprint density at radius 1 is 1.21 bits per heavy atom. The van der Waals surface area contributed by atoms with Gasteiger partial charge in [-0.3, -0.25) is 0 Å². The van der Waals surface area contributed by atoms with Crippen LogP contribution in [0, 0.1) is 5.92 Å². The highest BCUT2D eigenvalue weighted by atomic mass is 16.5. The Morgan fingerprint density at radius 2 is 1.95 bits per heavy atom. The van der Waals surface area contributed by atoms with E-state index in [2.05, 4.69) is 45.9 Å². The summed E-state index contributed by atoms with van der Waals surface area (Å²) in [7, 11) is 0. The third-order valence-corrected chi connectivity index (χ3v) is 3.93. The highest BCUT2D eigenvalue weighted by Crippen LogP contribution is 2.31. The summed E-state index contributed by atoms with van der Waals surface area (Å²) in [6.07, 6.45) is 3.18. The first-order chi connectivity index (χ1) is 9.13. The molecule has 2 N–H and O–H groups in total. The molecule has 0 spiro atoms. The maximum Gasteiger partial charge on any atom is 0.119 e. The van der Waals surface area contributed by atoms with Gasteiger partial charge in [0.2, 0.25) is 0 Å². The third-order valence-electron chi connectivity index (χ3n) is 3.93. The Balaban J connectivity index is 2.88. The van der Waals surface area contributed by atoms with Crippen molar-refractivity contribution in [3.63, 3.8) is 0 Å². The average Bonchev–Trinajstić information content (AvgIpc) is 2.44. The lowest BCUT2D eigenvalue weighted by Gasteiger charge is -2.23. The fourth-order valence-corrected chi connectivity index (χ4v) is 2.46. The molecule has 2 nitrogen and oxygen atoms in total. The minimum atomic E-state index is 0.554. The van der Waals surface area contributed by atoms with Crippen LogP contribution in [0.1, 0.15) is 57.6 Å². The van der Waals surface area contributed by atoms with E-state index in [0.29, 0.717) is 11.8 Å². The lowest BCUT2D eigenvalue weighted by molar-refractivity contribution is 0.317. The fraction of sp³-hybridized carbons (Fsp3) is 0.647. The maximum atomic E-state index is 5.72. The first-order valence-corrected chi connectivity index (χ1v) is 7.59. The molecule has 1 rings (SSSR count). The first-order valence-electron chi connectivity index (χ1n) is 7.59. The number of hydrogen-bond donors (Lipinski definition) is 1. The largest absolute Gasteiger partial charge is 0.494 e. The average molecular weight is 263 g/mol. The number of nitrogens with two attached hydrogens (primary N) is 1. The van der Waals surface area contributed by atoms with Crippen molar-refractivity contribution in [2.45, 2.75) is 52.9 Å². The second kappa shape index (κ2) is 8.21. The first kappa shape index (κ1) is 16.0. The van der Waals surface area contributed by atoms with Crippen LogP contribution in [-0.4, -0.2) is 13.2 Å². The number of aryl methyl sites for hydroxylation is 1. The molecular weight excluding hydrogens is 234 g/mol. The second-order valence-electron chi connectivity index (χ2n) is 5.41. The van der Waals surface area contributed by atoms with Crippen LogP contribution in [0.15, 0.2) is 18.2 Å². The summed E-state index contributed by atoms with van der Waals surface area (Å²) in [5.41, 5.74) is 8.53. The SMILES string of the molecule is CCCOc1ccc(C(C)C(C)CCN)c(CC)c1. The fourth-order valence-electron chi connectivity index (χ4n) is 2.46. The van der Waals surface area contributed by atoms with Gasteiger partial charge in [-0.05, 0) is 60.9 Å². The van der Waals surface area contributed by atoms with Crippen molar-refractivity contribution < 1.29 is 4.74 Å². The van der Waals surface area contributed by atoms with Crippen LogP contribution in [0.5, 0.6) is 5.75 Å². The summed E-state index contributed by atoms with van der Waals surface area (Å²) >= 11 is 0. The monoisotopic (exact) mass is 263 g/mol. The van der Waals surface area contributed by atoms with Crippen molar-refractivity contribution in [3.05, 3.63) is 29.3 Å². The van der Waals surface area contributed by atoms with E-state index in [1.807, 2.05) is 0 Å². The Labute approximate surface area is 118 Å². The maximum absolute atomic E-state index is 5.72. The lowest BCUT2D eigenvalue weighted by atomic mass is 9.84. The summed E-state index contributed by atoms with van der Waals surface area (Å²) in [6, 6.07) is 6.55. The Hall–Kier alpha value is -1.02. The van der Waals surface area contributed by atoms with E-state index in [9.17, 15) is 0 Å². The van der Waals surface area contributed by atoms with Gasteiger partial charge >= 0.3 is 0 Å². The van der Waals surface area contributed by atoms with Crippen molar-refractivity contribution in [3.8, 4) is 5.75 Å². The molecular formula is C17H29NO. The normalized spacial score (nSPS) is 14.2. The van der Waals surface area contributed by atoms with Crippen molar-refractivity contribution >= 4 is 0 Å². The van der Waals surface area contributed by atoms with Gasteiger partial charge in [-0.25, -0.2) is 0 Å². The van der Waals surface area contributed by atoms with Gasteiger partial charge in [0.1, 0.15) is 5.75 Å². The molecule has 108 valence electrons. The zero-order chi connectivity index (χ0) is 14.3. The highest BCUT2D eigenvalue weighted by molar-refractivity contribution is 5.38. The third kappa shape index (κ3) is 4.54. The minimum absolute atomic E-state index is 0.554. The number of rotatable bonds is 8. The molecule has 2 atom stereocenters. The number of benzene rings is 1. The van der Waals surface area contributed by atoms with Gasteiger partial charge < -0.3 is 10.5 Å². The van der Waals surface area contributed by atoms with Crippen LogP contribution in [-0.2, 0) is 6.42 Å². The van der Waals surface area contributed by atoms with Gasteiger partial charge in [-0.15, -0.1) is 0 Å². The van der Waals surface area contributed by atoms with E-state index in [-0.39, 0.29) is 0 Å². The van der Waals surface area contributed by atoms with Crippen molar-refractivity contribution in [2.24, 2.45) is 11.7 Å². The summed E-state index contributed by atoms with van der Waals surface area (Å²) < 4.78 is 5.72. The molecule has 2 unspecified atom stereocenters. The van der Waals surface area contributed by atoms with Crippen LogP contribution in [0.3, 0.4) is 0 Å². The van der Waals surface area contributed by atoms with Gasteiger partial charge in [0, 0.05) is 0 Å². The van der Waals surface area contributed by atoms with Crippen molar-refractivity contribution in [1.29, 1.82) is 0 Å². The number of ether oxygens (including phenoxy) is 1. The molecule has 0 fully saturated rings. The summed E-state index contributed by atoms with van der Waals surface area (Å²) in [5, 5.41) is 0. The van der Waals surface area contributed by atoms with Gasteiger partial charge in [-0.2, -0.15) is 0 Å².